The first-order valence-corrected chi connectivity index (χ1v) is 6.88. The minimum absolute atomic E-state index is 0.129. The lowest BCUT2D eigenvalue weighted by atomic mass is 10.2. The van der Waals surface area contributed by atoms with Crippen molar-refractivity contribution in [2.75, 3.05) is 12.8 Å². The van der Waals surface area contributed by atoms with Crippen molar-refractivity contribution in [1.29, 1.82) is 0 Å². The van der Waals surface area contributed by atoms with E-state index in [9.17, 15) is 4.79 Å². The first-order chi connectivity index (χ1) is 10.0. The van der Waals surface area contributed by atoms with Crippen molar-refractivity contribution in [2.24, 2.45) is 0 Å². The van der Waals surface area contributed by atoms with E-state index in [0.29, 0.717) is 17.2 Å². The van der Waals surface area contributed by atoms with E-state index in [0.717, 1.165) is 10.0 Å². The van der Waals surface area contributed by atoms with E-state index in [1.165, 1.54) is 18.2 Å². The SMILES string of the molecule is COc1ccc(Br)c(COc2cc(C(=O)O)ccc2N)c1. The standard InChI is InChI=1S/C15H14BrNO4/c1-20-11-3-4-12(16)10(6-11)8-21-14-7-9(15(18)19)2-5-13(14)17/h2-7H,8,17H2,1H3,(H,18,19). The molecule has 2 aromatic rings. The second kappa shape index (κ2) is 6.49. The van der Waals surface area contributed by atoms with E-state index in [-0.39, 0.29) is 12.2 Å². The van der Waals surface area contributed by atoms with E-state index in [1.54, 1.807) is 7.11 Å². The smallest absolute Gasteiger partial charge is 0.335 e. The Morgan fingerprint density at radius 3 is 2.71 bits per heavy atom. The number of carboxylic acids is 1. The average molecular weight is 352 g/mol. The Kier molecular flexibility index (Phi) is 4.70. The number of nitrogens with two attached hydrogens (primary N) is 1. The molecule has 6 heteroatoms. The van der Waals surface area contributed by atoms with Gasteiger partial charge < -0.3 is 20.3 Å². The molecular weight excluding hydrogens is 338 g/mol. The summed E-state index contributed by atoms with van der Waals surface area (Å²) in [6.07, 6.45) is 0. The summed E-state index contributed by atoms with van der Waals surface area (Å²) in [4.78, 5) is 11.0. The number of hydrogen-bond donors (Lipinski definition) is 2. The number of carbonyl (C=O) groups is 1. The highest BCUT2D eigenvalue weighted by molar-refractivity contribution is 9.10. The summed E-state index contributed by atoms with van der Waals surface area (Å²) in [5.41, 5.74) is 7.18. The Hall–Kier alpha value is -2.21. The predicted octanol–water partition coefficient (Wildman–Crippen LogP) is 3.32. The molecule has 5 nitrogen and oxygen atoms in total. The van der Waals surface area contributed by atoms with Gasteiger partial charge in [0.05, 0.1) is 18.4 Å². The fraction of sp³-hybridized carbons (Fsp3) is 0.133. The van der Waals surface area contributed by atoms with Crippen LogP contribution in [0.2, 0.25) is 0 Å². The molecule has 2 aromatic carbocycles. The van der Waals surface area contributed by atoms with Crippen molar-refractivity contribution in [3.8, 4) is 11.5 Å². The van der Waals surface area contributed by atoms with Crippen molar-refractivity contribution < 1.29 is 19.4 Å². The maximum absolute atomic E-state index is 11.0. The van der Waals surface area contributed by atoms with Crippen LogP contribution in [0.25, 0.3) is 0 Å². The maximum Gasteiger partial charge on any atom is 0.335 e. The maximum atomic E-state index is 11.0. The topological polar surface area (TPSA) is 81.8 Å². The molecule has 2 rings (SSSR count). The molecule has 0 fully saturated rings. The third-order valence-corrected chi connectivity index (χ3v) is 3.67. The quantitative estimate of drug-likeness (QED) is 0.807. The summed E-state index contributed by atoms with van der Waals surface area (Å²) < 4.78 is 11.6. The van der Waals surface area contributed by atoms with Gasteiger partial charge in [-0.15, -0.1) is 0 Å². The van der Waals surface area contributed by atoms with Gasteiger partial charge >= 0.3 is 5.97 Å². The fourth-order valence-corrected chi connectivity index (χ4v) is 2.10. The van der Waals surface area contributed by atoms with E-state index >= 15 is 0 Å². The molecule has 0 aliphatic heterocycles. The third-order valence-electron chi connectivity index (χ3n) is 2.90. The van der Waals surface area contributed by atoms with Gasteiger partial charge in [-0.3, -0.25) is 0 Å². The van der Waals surface area contributed by atoms with Crippen LogP contribution in [0.5, 0.6) is 11.5 Å². The minimum atomic E-state index is -1.03. The van der Waals surface area contributed by atoms with Crippen LogP contribution in [0, 0.1) is 0 Å². The normalized spacial score (nSPS) is 10.2. The van der Waals surface area contributed by atoms with Crippen LogP contribution in [0.15, 0.2) is 40.9 Å². The van der Waals surface area contributed by atoms with E-state index in [2.05, 4.69) is 15.9 Å². The summed E-state index contributed by atoms with van der Waals surface area (Å²) in [6, 6.07) is 9.88. The minimum Gasteiger partial charge on any atom is -0.497 e. The number of anilines is 1. The number of nitrogen functional groups attached to an aromatic ring is 1. The number of aromatic carboxylic acids is 1. The molecule has 0 saturated carbocycles. The molecule has 3 N–H and O–H groups in total. The van der Waals surface area contributed by atoms with Crippen molar-refractivity contribution in [3.05, 3.63) is 52.0 Å². The highest BCUT2D eigenvalue weighted by atomic mass is 79.9. The number of benzene rings is 2. The van der Waals surface area contributed by atoms with Gasteiger partial charge in [-0.05, 0) is 36.4 Å². The van der Waals surface area contributed by atoms with Gasteiger partial charge in [-0.1, -0.05) is 15.9 Å². The van der Waals surface area contributed by atoms with Crippen molar-refractivity contribution >= 4 is 27.6 Å². The van der Waals surface area contributed by atoms with Crippen molar-refractivity contribution in [1.82, 2.24) is 0 Å². The summed E-state index contributed by atoms with van der Waals surface area (Å²) in [6.45, 7) is 0.241. The number of methoxy groups -OCH3 is 1. The van der Waals surface area contributed by atoms with Crippen LogP contribution in [0.3, 0.4) is 0 Å². The van der Waals surface area contributed by atoms with Crippen LogP contribution in [-0.2, 0) is 6.61 Å². The van der Waals surface area contributed by atoms with Gasteiger partial charge in [0.1, 0.15) is 18.1 Å². The Morgan fingerprint density at radius 2 is 2.05 bits per heavy atom. The summed E-state index contributed by atoms with van der Waals surface area (Å²) in [7, 11) is 1.59. The van der Waals surface area contributed by atoms with Gasteiger partial charge in [0.15, 0.2) is 0 Å². The molecule has 0 unspecified atom stereocenters. The van der Waals surface area contributed by atoms with Gasteiger partial charge in [0, 0.05) is 10.0 Å². The van der Waals surface area contributed by atoms with Crippen LogP contribution in [-0.4, -0.2) is 18.2 Å². The summed E-state index contributed by atoms with van der Waals surface area (Å²) in [5.74, 6) is 0.0242. The van der Waals surface area contributed by atoms with Gasteiger partial charge in [0.2, 0.25) is 0 Å². The third kappa shape index (κ3) is 3.66. The molecule has 0 bridgehead atoms. The second-order valence-electron chi connectivity index (χ2n) is 4.30. The lowest BCUT2D eigenvalue weighted by Gasteiger charge is -2.12. The molecule has 21 heavy (non-hydrogen) atoms. The van der Waals surface area contributed by atoms with Gasteiger partial charge in [0.25, 0.3) is 0 Å². The zero-order valence-electron chi connectivity index (χ0n) is 11.3. The first kappa shape index (κ1) is 15.2. The summed E-state index contributed by atoms with van der Waals surface area (Å²) >= 11 is 3.43. The Balaban J connectivity index is 2.20. The second-order valence-corrected chi connectivity index (χ2v) is 5.16. The van der Waals surface area contributed by atoms with Crippen molar-refractivity contribution in [3.63, 3.8) is 0 Å². The Bertz CT molecular complexity index is 673. The first-order valence-electron chi connectivity index (χ1n) is 6.09. The molecule has 110 valence electrons. The van der Waals surface area contributed by atoms with E-state index in [4.69, 9.17) is 20.3 Å². The fourth-order valence-electron chi connectivity index (χ4n) is 1.74. The highest BCUT2D eigenvalue weighted by Gasteiger charge is 2.09. The number of rotatable bonds is 5. The van der Waals surface area contributed by atoms with Crippen LogP contribution in [0.1, 0.15) is 15.9 Å². The largest absolute Gasteiger partial charge is 0.497 e. The van der Waals surface area contributed by atoms with Crippen LogP contribution < -0.4 is 15.2 Å². The number of halogens is 1. The van der Waals surface area contributed by atoms with E-state index < -0.39 is 5.97 Å². The lowest BCUT2D eigenvalue weighted by molar-refractivity contribution is 0.0696. The molecule has 0 spiro atoms. The Morgan fingerprint density at radius 1 is 1.29 bits per heavy atom. The molecule has 0 amide bonds. The zero-order valence-corrected chi connectivity index (χ0v) is 12.9. The van der Waals surface area contributed by atoms with Gasteiger partial charge in [-0.25, -0.2) is 4.79 Å². The molecule has 0 saturated heterocycles. The monoisotopic (exact) mass is 351 g/mol. The zero-order chi connectivity index (χ0) is 15.4. The highest BCUT2D eigenvalue weighted by Crippen LogP contribution is 2.27. The molecule has 0 heterocycles. The molecular formula is C15H14BrNO4. The lowest BCUT2D eigenvalue weighted by Crippen LogP contribution is -2.03. The molecule has 0 atom stereocenters. The molecule has 0 aliphatic rings. The molecule has 0 aliphatic carbocycles. The molecule has 0 aromatic heterocycles. The number of carboxylic acid groups (broad SMARTS) is 1. The summed E-state index contributed by atoms with van der Waals surface area (Å²) in [5, 5.41) is 8.98. The Labute approximate surface area is 130 Å². The number of hydrogen-bond acceptors (Lipinski definition) is 4. The number of ether oxygens (including phenoxy) is 2. The van der Waals surface area contributed by atoms with Crippen LogP contribution in [0.4, 0.5) is 5.69 Å². The predicted molar refractivity (Wildman–Crippen MR) is 82.8 cm³/mol. The molecule has 0 radical (unpaired) electrons. The van der Waals surface area contributed by atoms with E-state index in [1.807, 2.05) is 18.2 Å². The van der Waals surface area contributed by atoms with Gasteiger partial charge in [-0.2, -0.15) is 0 Å². The van der Waals surface area contributed by atoms with Crippen molar-refractivity contribution in [2.45, 2.75) is 6.61 Å². The van der Waals surface area contributed by atoms with Crippen LogP contribution >= 0.6 is 15.9 Å². The average Bonchev–Trinajstić information content (AvgIpc) is 2.47.